The molecule has 3 aromatic heterocycles. The van der Waals surface area contributed by atoms with E-state index in [0.29, 0.717) is 24.5 Å². The molecule has 0 bridgehead atoms. The Hall–Kier alpha value is -4.43. The predicted molar refractivity (Wildman–Crippen MR) is 164 cm³/mol. The molecule has 0 saturated carbocycles. The third-order valence-electron chi connectivity index (χ3n) is 8.23. The van der Waals surface area contributed by atoms with Crippen molar-refractivity contribution in [3.05, 3.63) is 83.2 Å². The van der Waals surface area contributed by atoms with Gasteiger partial charge in [0.05, 0.1) is 55.0 Å². The normalized spacial score (nSPS) is 18.7. The average molecular weight is 578 g/mol. The van der Waals surface area contributed by atoms with Gasteiger partial charge in [0.25, 0.3) is 5.91 Å². The van der Waals surface area contributed by atoms with Gasteiger partial charge in [-0.2, -0.15) is 5.26 Å². The highest BCUT2D eigenvalue weighted by Gasteiger charge is 2.33. The van der Waals surface area contributed by atoms with Gasteiger partial charge >= 0.3 is 0 Å². The number of nitrogens with one attached hydrogen (secondary N) is 1. The first-order valence-electron chi connectivity index (χ1n) is 14.6. The Morgan fingerprint density at radius 3 is 2.74 bits per heavy atom. The zero-order valence-electron chi connectivity index (χ0n) is 24.5. The van der Waals surface area contributed by atoms with Gasteiger partial charge in [0.2, 0.25) is 0 Å². The van der Waals surface area contributed by atoms with E-state index in [1.165, 1.54) is 0 Å². The maximum absolute atomic E-state index is 13.0. The van der Waals surface area contributed by atoms with Crippen molar-refractivity contribution < 1.29 is 14.3 Å². The minimum absolute atomic E-state index is 0.223. The number of pyridine rings is 3. The zero-order valence-corrected chi connectivity index (χ0v) is 24.5. The second-order valence-electron chi connectivity index (χ2n) is 11.3. The third-order valence-corrected chi connectivity index (χ3v) is 8.23. The van der Waals surface area contributed by atoms with E-state index in [4.69, 9.17) is 19.4 Å². The van der Waals surface area contributed by atoms with Crippen LogP contribution in [0.3, 0.4) is 0 Å². The quantitative estimate of drug-likeness (QED) is 0.335. The van der Waals surface area contributed by atoms with Crippen LogP contribution in [0.15, 0.2) is 60.8 Å². The number of hydrogen-bond donors (Lipinski definition) is 1. The van der Waals surface area contributed by atoms with Gasteiger partial charge in [0, 0.05) is 57.0 Å². The van der Waals surface area contributed by atoms with Crippen LogP contribution >= 0.6 is 0 Å². The molecule has 2 aliphatic rings. The van der Waals surface area contributed by atoms with Gasteiger partial charge < -0.3 is 19.7 Å². The number of nitrogens with zero attached hydrogens (tertiary/aromatic N) is 6. The molecule has 4 aromatic rings. The van der Waals surface area contributed by atoms with E-state index in [-0.39, 0.29) is 12.5 Å². The van der Waals surface area contributed by atoms with E-state index in [9.17, 15) is 10.1 Å². The van der Waals surface area contributed by atoms with Crippen molar-refractivity contribution in [2.45, 2.75) is 25.5 Å². The predicted octanol–water partition coefficient (Wildman–Crippen LogP) is 3.70. The Bertz CT molecular complexity index is 1680. The summed E-state index contributed by atoms with van der Waals surface area (Å²) in [7, 11) is 1.74. The summed E-state index contributed by atoms with van der Waals surface area (Å²) in [4.78, 5) is 32.1. The number of nitriles is 1. The highest BCUT2D eigenvalue weighted by molar-refractivity contribution is 5.94. The maximum atomic E-state index is 13.0. The van der Waals surface area contributed by atoms with E-state index in [1.807, 2.05) is 43.3 Å². The second-order valence-corrected chi connectivity index (χ2v) is 11.3. The summed E-state index contributed by atoms with van der Waals surface area (Å²) in [5.74, 6) is 0.729. The van der Waals surface area contributed by atoms with Gasteiger partial charge in [0.15, 0.2) is 0 Å². The molecule has 1 fully saturated rings. The van der Waals surface area contributed by atoms with E-state index in [2.05, 4.69) is 32.2 Å². The lowest BCUT2D eigenvalue weighted by Gasteiger charge is -2.35. The van der Waals surface area contributed by atoms with Crippen molar-refractivity contribution in [2.75, 3.05) is 57.9 Å². The minimum Gasteiger partial charge on any atom is -0.383 e. The molecule has 1 saturated heterocycles. The monoisotopic (exact) mass is 577 g/mol. The van der Waals surface area contributed by atoms with Crippen LogP contribution in [0.4, 0.5) is 5.82 Å². The molecule has 1 N–H and O–H groups in total. The molecule has 0 unspecified atom stereocenters. The molecule has 1 atom stereocenters. The Kier molecular flexibility index (Phi) is 8.29. The van der Waals surface area contributed by atoms with Gasteiger partial charge in [-0.25, -0.2) is 9.97 Å². The summed E-state index contributed by atoms with van der Waals surface area (Å²) in [6.45, 7) is 8.34. The average Bonchev–Trinajstić information content (AvgIpc) is 3.06. The number of hydrogen-bond acceptors (Lipinski definition) is 9. The van der Waals surface area contributed by atoms with Gasteiger partial charge in [-0.15, -0.1) is 0 Å². The van der Waals surface area contributed by atoms with Crippen LogP contribution in [0.5, 0.6) is 0 Å². The lowest BCUT2D eigenvalue weighted by molar-refractivity contribution is 0.0757. The molecule has 0 aliphatic carbocycles. The first-order chi connectivity index (χ1) is 21.0. The van der Waals surface area contributed by atoms with Gasteiger partial charge in [0.1, 0.15) is 11.2 Å². The zero-order chi connectivity index (χ0) is 29.8. The number of ether oxygens (including phenoxy) is 2. The van der Waals surface area contributed by atoms with E-state index in [0.717, 1.165) is 78.6 Å². The second kappa shape index (κ2) is 12.4. The molecule has 1 amide bonds. The highest BCUT2D eigenvalue weighted by atomic mass is 16.5. The molecule has 0 spiro atoms. The van der Waals surface area contributed by atoms with Crippen molar-refractivity contribution in [1.29, 1.82) is 5.26 Å². The summed E-state index contributed by atoms with van der Waals surface area (Å²) >= 11 is 0. The number of benzene rings is 1. The molecule has 10 nitrogen and oxygen atoms in total. The molecule has 1 aromatic carbocycles. The SMILES string of the molecule is COCCN1CCN(c2cccc(-c3ccc4cnc(CNC(=O)c5ccc6c(c5)[C@](C)(C#N)COC6)cc4n3)n2)CC1. The first kappa shape index (κ1) is 28.7. The number of anilines is 1. The van der Waals surface area contributed by atoms with Crippen molar-refractivity contribution in [2.24, 2.45) is 0 Å². The number of carbonyl (C=O) groups excluding carboxylic acids is 1. The molecule has 6 rings (SSSR count). The van der Waals surface area contributed by atoms with Crippen LogP contribution in [0.2, 0.25) is 0 Å². The number of amides is 1. The van der Waals surface area contributed by atoms with Crippen LogP contribution in [0.1, 0.15) is 34.1 Å². The molecule has 5 heterocycles. The van der Waals surface area contributed by atoms with Crippen LogP contribution in [0, 0.1) is 11.3 Å². The molecule has 220 valence electrons. The molecule has 43 heavy (non-hydrogen) atoms. The lowest BCUT2D eigenvalue weighted by atomic mass is 9.79. The smallest absolute Gasteiger partial charge is 0.251 e. The Morgan fingerprint density at radius 2 is 1.93 bits per heavy atom. The fraction of sp³-hybridized carbons (Fsp3) is 0.364. The number of aromatic nitrogens is 3. The van der Waals surface area contributed by atoms with E-state index in [1.54, 1.807) is 25.4 Å². The molecular formula is C33H35N7O3. The number of piperazine rings is 1. The largest absolute Gasteiger partial charge is 0.383 e. The fourth-order valence-electron chi connectivity index (χ4n) is 5.63. The van der Waals surface area contributed by atoms with Gasteiger partial charge in [-0.3, -0.25) is 14.7 Å². The molecule has 2 aliphatic heterocycles. The van der Waals surface area contributed by atoms with Crippen LogP contribution in [0.25, 0.3) is 22.3 Å². The van der Waals surface area contributed by atoms with E-state index >= 15 is 0 Å². The summed E-state index contributed by atoms with van der Waals surface area (Å²) in [5, 5.41) is 13.6. The number of carbonyl (C=O) groups is 1. The molecular weight excluding hydrogens is 542 g/mol. The Balaban J connectivity index is 1.14. The van der Waals surface area contributed by atoms with Crippen LogP contribution in [-0.4, -0.2) is 78.8 Å². The summed E-state index contributed by atoms with van der Waals surface area (Å²) in [5.41, 5.74) is 4.59. The number of rotatable bonds is 8. The van der Waals surface area contributed by atoms with Crippen molar-refractivity contribution in [3.63, 3.8) is 0 Å². The summed E-state index contributed by atoms with van der Waals surface area (Å²) in [6, 6.07) is 19.7. The number of fused-ring (bicyclic) bond motifs is 2. The molecule has 10 heteroatoms. The minimum atomic E-state index is -0.777. The summed E-state index contributed by atoms with van der Waals surface area (Å²) < 4.78 is 10.8. The van der Waals surface area contributed by atoms with Crippen LogP contribution in [-0.2, 0) is 28.0 Å². The number of methoxy groups -OCH3 is 1. The summed E-state index contributed by atoms with van der Waals surface area (Å²) in [6.07, 6.45) is 1.78. The lowest BCUT2D eigenvalue weighted by Crippen LogP contribution is -2.47. The topological polar surface area (TPSA) is 117 Å². The highest BCUT2D eigenvalue weighted by Crippen LogP contribution is 2.32. The maximum Gasteiger partial charge on any atom is 0.251 e. The van der Waals surface area contributed by atoms with Gasteiger partial charge in [-0.05, 0) is 60.5 Å². The van der Waals surface area contributed by atoms with Crippen LogP contribution < -0.4 is 10.2 Å². The Morgan fingerprint density at radius 1 is 1.09 bits per heavy atom. The Labute approximate surface area is 251 Å². The van der Waals surface area contributed by atoms with Crippen molar-refractivity contribution in [3.8, 4) is 17.5 Å². The first-order valence-corrected chi connectivity index (χ1v) is 14.6. The third kappa shape index (κ3) is 6.20. The standard InChI is InChI=1S/C33H35N7O3/c1-33(21-34)22-43-20-25-7-6-23(16-27(25)33)32(41)36-19-26-17-30-24(18-35-26)8-9-29(37-30)28-4-3-5-31(38-28)40-12-10-39(11-13-40)14-15-42-2/h3-9,16-18H,10-15,19-20,22H2,1-2H3,(H,36,41)/t33-/m1/s1. The van der Waals surface area contributed by atoms with Gasteiger partial charge in [-0.1, -0.05) is 12.1 Å². The van der Waals surface area contributed by atoms with Crippen molar-refractivity contribution in [1.82, 2.24) is 25.2 Å². The van der Waals surface area contributed by atoms with E-state index < -0.39 is 5.41 Å². The molecule has 0 radical (unpaired) electrons. The fourth-order valence-corrected chi connectivity index (χ4v) is 5.63. The van der Waals surface area contributed by atoms with Crippen molar-refractivity contribution >= 4 is 22.6 Å².